The summed E-state index contributed by atoms with van der Waals surface area (Å²) in [7, 11) is 0. The van der Waals surface area contributed by atoms with Crippen LogP contribution in [0.15, 0.2) is 124 Å². The molecule has 0 radical (unpaired) electrons. The third-order valence-corrected chi connectivity index (χ3v) is 7.80. The second kappa shape index (κ2) is 6.80. The van der Waals surface area contributed by atoms with Crippen LogP contribution in [0.3, 0.4) is 0 Å². The molecule has 3 aromatic heterocycles. The number of hydrogen-bond acceptors (Lipinski definition) is 2. The standard InChI is InChI=1S/C34H19NO2/c1-4-12-27-26(10-1)32-22-16-17-24-21-9-3-5-14-30(21)36-33(24)25(22)18-19-28(32)35(27)29-13-7-11-23-20-8-2-6-15-31(20)37-34(23)29/h1-19H. The zero-order valence-corrected chi connectivity index (χ0v) is 19.7. The van der Waals surface area contributed by atoms with Crippen LogP contribution in [0.1, 0.15) is 0 Å². The topological polar surface area (TPSA) is 31.2 Å². The van der Waals surface area contributed by atoms with Crippen molar-refractivity contribution in [3.05, 3.63) is 115 Å². The lowest BCUT2D eigenvalue weighted by molar-refractivity contribution is 0.666. The highest BCUT2D eigenvalue weighted by Gasteiger charge is 2.20. The average molecular weight is 474 g/mol. The lowest BCUT2D eigenvalue weighted by Crippen LogP contribution is -1.94. The van der Waals surface area contributed by atoms with Gasteiger partial charge in [-0.15, -0.1) is 0 Å². The van der Waals surface area contributed by atoms with Crippen LogP contribution in [0.25, 0.3) is 82.1 Å². The van der Waals surface area contributed by atoms with E-state index < -0.39 is 0 Å². The lowest BCUT2D eigenvalue weighted by atomic mass is 10.0. The van der Waals surface area contributed by atoms with Crippen LogP contribution < -0.4 is 0 Å². The second-order valence-electron chi connectivity index (χ2n) is 9.70. The fourth-order valence-electron chi connectivity index (χ4n) is 6.22. The number of rotatable bonds is 1. The minimum absolute atomic E-state index is 0.902. The Bertz CT molecular complexity index is 2360. The molecule has 0 saturated heterocycles. The fourth-order valence-corrected chi connectivity index (χ4v) is 6.22. The Morgan fingerprint density at radius 3 is 1.76 bits per heavy atom. The van der Waals surface area contributed by atoms with Gasteiger partial charge in [-0.2, -0.15) is 0 Å². The molecule has 0 spiro atoms. The quantitative estimate of drug-likeness (QED) is 0.238. The molecule has 0 unspecified atom stereocenters. The molecule has 0 aliphatic heterocycles. The van der Waals surface area contributed by atoms with Gasteiger partial charge >= 0.3 is 0 Å². The van der Waals surface area contributed by atoms with Crippen molar-refractivity contribution < 1.29 is 8.83 Å². The summed E-state index contributed by atoms with van der Waals surface area (Å²) < 4.78 is 15.2. The maximum Gasteiger partial charge on any atom is 0.159 e. The fraction of sp³-hybridized carbons (Fsp3) is 0. The summed E-state index contributed by atoms with van der Waals surface area (Å²) in [6.07, 6.45) is 0. The van der Waals surface area contributed by atoms with Crippen LogP contribution in [0.2, 0.25) is 0 Å². The smallest absolute Gasteiger partial charge is 0.159 e. The third-order valence-electron chi connectivity index (χ3n) is 7.80. The van der Waals surface area contributed by atoms with Gasteiger partial charge in [0.2, 0.25) is 0 Å². The zero-order valence-electron chi connectivity index (χ0n) is 19.7. The Morgan fingerprint density at radius 1 is 0.378 bits per heavy atom. The van der Waals surface area contributed by atoms with Gasteiger partial charge in [0.05, 0.1) is 16.7 Å². The Labute approximate surface area is 210 Å². The van der Waals surface area contributed by atoms with Gasteiger partial charge in [0.25, 0.3) is 0 Å². The molecule has 37 heavy (non-hydrogen) atoms. The van der Waals surface area contributed by atoms with Gasteiger partial charge in [-0.1, -0.05) is 72.8 Å². The van der Waals surface area contributed by atoms with Gasteiger partial charge in [0, 0.05) is 37.7 Å². The van der Waals surface area contributed by atoms with Gasteiger partial charge in [0.1, 0.15) is 16.7 Å². The third kappa shape index (κ3) is 2.41. The normalized spacial score (nSPS) is 12.3. The van der Waals surface area contributed by atoms with E-state index in [1.54, 1.807) is 0 Å². The van der Waals surface area contributed by atoms with Crippen LogP contribution >= 0.6 is 0 Å². The summed E-state index contributed by atoms with van der Waals surface area (Å²) in [5.41, 5.74) is 7.02. The maximum absolute atomic E-state index is 6.45. The van der Waals surface area contributed by atoms with E-state index in [1.165, 1.54) is 16.2 Å². The van der Waals surface area contributed by atoms with Crippen molar-refractivity contribution >= 4 is 76.5 Å². The van der Waals surface area contributed by atoms with Crippen LogP contribution in [0, 0.1) is 0 Å². The molecule has 0 atom stereocenters. The molecule has 0 aliphatic rings. The van der Waals surface area contributed by atoms with Gasteiger partial charge in [0.15, 0.2) is 5.58 Å². The van der Waals surface area contributed by atoms with Crippen molar-refractivity contribution in [3.63, 3.8) is 0 Å². The largest absolute Gasteiger partial charge is 0.455 e. The number of furan rings is 2. The minimum atomic E-state index is 0.902. The summed E-state index contributed by atoms with van der Waals surface area (Å²) in [4.78, 5) is 0. The minimum Gasteiger partial charge on any atom is -0.455 e. The average Bonchev–Trinajstić information content (AvgIpc) is 3.62. The molecule has 6 aromatic carbocycles. The number of nitrogens with zero attached hydrogens (tertiary/aromatic N) is 1. The maximum atomic E-state index is 6.45. The van der Waals surface area contributed by atoms with Crippen LogP contribution in [0.5, 0.6) is 0 Å². The van der Waals surface area contributed by atoms with Gasteiger partial charge in [-0.25, -0.2) is 0 Å². The van der Waals surface area contributed by atoms with E-state index in [0.29, 0.717) is 0 Å². The molecule has 3 heteroatoms. The van der Waals surface area contributed by atoms with E-state index in [9.17, 15) is 0 Å². The summed E-state index contributed by atoms with van der Waals surface area (Å²) in [5, 5.41) is 9.33. The summed E-state index contributed by atoms with van der Waals surface area (Å²) in [5.74, 6) is 0. The number of hydrogen-bond donors (Lipinski definition) is 0. The van der Waals surface area contributed by atoms with E-state index in [2.05, 4.69) is 95.6 Å². The first-order valence-corrected chi connectivity index (χ1v) is 12.5. The van der Waals surface area contributed by atoms with E-state index in [1.807, 2.05) is 24.3 Å². The first-order valence-electron chi connectivity index (χ1n) is 12.5. The molecule has 0 N–H and O–H groups in total. The van der Waals surface area contributed by atoms with Crippen molar-refractivity contribution in [3.8, 4) is 5.69 Å². The molecule has 9 aromatic rings. The highest BCUT2D eigenvalue weighted by molar-refractivity contribution is 6.27. The number of benzene rings is 6. The van der Waals surface area contributed by atoms with E-state index in [0.717, 1.165) is 66.0 Å². The predicted molar refractivity (Wildman–Crippen MR) is 153 cm³/mol. The summed E-state index contributed by atoms with van der Waals surface area (Å²) >= 11 is 0. The Balaban J connectivity index is 1.46. The van der Waals surface area contributed by atoms with Crippen molar-refractivity contribution in [2.24, 2.45) is 0 Å². The van der Waals surface area contributed by atoms with Crippen LogP contribution in [0.4, 0.5) is 0 Å². The number of fused-ring (bicyclic) bond motifs is 12. The van der Waals surface area contributed by atoms with Gasteiger partial charge < -0.3 is 13.4 Å². The first kappa shape index (κ1) is 19.2. The molecule has 0 aliphatic carbocycles. The monoisotopic (exact) mass is 473 g/mol. The first-order chi connectivity index (χ1) is 18.4. The highest BCUT2D eigenvalue weighted by atomic mass is 16.3. The predicted octanol–water partition coefficient (Wildman–Crippen LogP) is 9.74. The highest BCUT2D eigenvalue weighted by Crippen LogP contribution is 2.42. The Hall–Kier alpha value is -5.02. The van der Waals surface area contributed by atoms with Crippen molar-refractivity contribution in [1.29, 1.82) is 0 Å². The molecule has 0 saturated carbocycles. The molecule has 9 rings (SSSR count). The molecular weight excluding hydrogens is 454 g/mol. The number of aromatic nitrogens is 1. The van der Waals surface area contributed by atoms with Crippen molar-refractivity contribution in [2.75, 3.05) is 0 Å². The Morgan fingerprint density at radius 2 is 0.946 bits per heavy atom. The lowest BCUT2D eigenvalue weighted by Gasteiger charge is -2.09. The van der Waals surface area contributed by atoms with Crippen LogP contribution in [-0.4, -0.2) is 4.57 Å². The zero-order chi connectivity index (χ0) is 24.1. The van der Waals surface area contributed by atoms with Gasteiger partial charge in [-0.3, -0.25) is 0 Å². The van der Waals surface area contributed by atoms with E-state index in [-0.39, 0.29) is 0 Å². The van der Waals surface area contributed by atoms with Crippen molar-refractivity contribution in [2.45, 2.75) is 0 Å². The SMILES string of the molecule is c1ccc2c(c1)oc1c(-n3c4ccccc4c4c5ccc6c7ccccc7oc6c5ccc43)cccc12. The van der Waals surface area contributed by atoms with E-state index in [4.69, 9.17) is 8.83 Å². The molecule has 0 bridgehead atoms. The van der Waals surface area contributed by atoms with E-state index >= 15 is 0 Å². The molecule has 3 heterocycles. The second-order valence-corrected chi connectivity index (χ2v) is 9.70. The molecule has 0 fully saturated rings. The summed E-state index contributed by atoms with van der Waals surface area (Å²) in [6, 6.07) is 40.5. The molecule has 0 amide bonds. The molecule has 3 nitrogen and oxygen atoms in total. The van der Waals surface area contributed by atoms with Crippen LogP contribution in [-0.2, 0) is 0 Å². The molecular formula is C34H19NO2. The summed E-state index contributed by atoms with van der Waals surface area (Å²) in [6.45, 7) is 0. The number of para-hydroxylation sites is 4. The van der Waals surface area contributed by atoms with Gasteiger partial charge in [-0.05, 0) is 47.9 Å². The Kier molecular flexibility index (Phi) is 3.53. The van der Waals surface area contributed by atoms with Crippen molar-refractivity contribution in [1.82, 2.24) is 4.57 Å². The molecule has 172 valence electrons.